The van der Waals surface area contributed by atoms with E-state index in [1.165, 1.54) is 35.1 Å². The smallest absolute Gasteiger partial charge is 0.337 e. The third kappa shape index (κ3) is 3.27. The molecule has 0 N–H and O–H groups in total. The van der Waals surface area contributed by atoms with Gasteiger partial charge in [-0.1, -0.05) is 18.2 Å². The first kappa shape index (κ1) is 19.1. The molecule has 2 aromatic carbocycles. The van der Waals surface area contributed by atoms with Gasteiger partial charge in [-0.05, 0) is 49.2 Å². The molecule has 5 nitrogen and oxygen atoms in total. The molecule has 0 bridgehead atoms. The highest BCUT2D eigenvalue weighted by atomic mass is 32.1. The molecule has 0 unspecified atom stereocenters. The standard InChI is InChI=1S/C22H19FN2O3S/c1-13-14(2)29-21-19(13)20(26)25(17-8-5-9-18(11-17)28-3)22(27)24(21)12-15-6-4-7-16(23)10-15/h4-11H,12H2,1-3H3. The number of hydrogen-bond donors (Lipinski definition) is 0. The molecular weight excluding hydrogens is 391 g/mol. The molecule has 0 spiro atoms. The summed E-state index contributed by atoms with van der Waals surface area (Å²) >= 11 is 1.40. The van der Waals surface area contributed by atoms with Gasteiger partial charge in [0.05, 0.1) is 24.7 Å². The summed E-state index contributed by atoms with van der Waals surface area (Å²) in [7, 11) is 1.53. The van der Waals surface area contributed by atoms with Crippen LogP contribution >= 0.6 is 11.3 Å². The summed E-state index contributed by atoms with van der Waals surface area (Å²) in [5, 5.41) is 0.506. The molecule has 7 heteroatoms. The van der Waals surface area contributed by atoms with Crippen molar-refractivity contribution in [1.29, 1.82) is 0 Å². The topological polar surface area (TPSA) is 53.2 Å². The molecule has 0 fully saturated rings. The predicted molar refractivity (Wildman–Crippen MR) is 113 cm³/mol. The Morgan fingerprint density at radius 3 is 2.55 bits per heavy atom. The number of nitrogens with zero attached hydrogens (tertiary/aromatic N) is 2. The van der Waals surface area contributed by atoms with Crippen LogP contribution in [0, 0.1) is 19.7 Å². The highest BCUT2D eigenvalue weighted by Crippen LogP contribution is 2.28. The van der Waals surface area contributed by atoms with Gasteiger partial charge in [0.2, 0.25) is 0 Å². The maximum absolute atomic E-state index is 13.7. The summed E-state index contributed by atoms with van der Waals surface area (Å²) in [6.07, 6.45) is 0. The van der Waals surface area contributed by atoms with Crippen molar-refractivity contribution >= 4 is 21.6 Å². The van der Waals surface area contributed by atoms with E-state index in [0.717, 1.165) is 15.0 Å². The van der Waals surface area contributed by atoms with Crippen molar-refractivity contribution in [3.8, 4) is 11.4 Å². The van der Waals surface area contributed by atoms with E-state index < -0.39 is 5.69 Å². The monoisotopic (exact) mass is 410 g/mol. The second-order valence-corrected chi connectivity index (χ2v) is 8.01. The Morgan fingerprint density at radius 2 is 1.83 bits per heavy atom. The SMILES string of the molecule is COc1cccc(-n2c(=O)c3c(C)c(C)sc3n(Cc3cccc(F)c3)c2=O)c1. The van der Waals surface area contributed by atoms with Gasteiger partial charge in [0.15, 0.2) is 0 Å². The van der Waals surface area contributed by atoms with Crippen LogP contribution in [0.1, 0.15) is 16.0 Å². The first-order valence-electron chi connectivity index (χ1n) is 9.05. The van der Waals surface area contributed by atoms with Crippen LogP contribution in [-0.4, -0.2) is 16.2 Å². The Morgan fingerprint density at radius 1 is 1.07 bits per heavy atom. The Hall–Kier alpha value is -3.19. The average Bonchev–Trinajstić information content (AvgIpc) is 3.00. The third-order valence-corrected chi connectivity index (χ3v) is 6.22. The lowest BCUT2D eigenvalue weighted by molar-refractivity contribution is 0.414. The molecule has 4 aromatic rings. The van der Waals surface area contributed by atoms with Crippen molar-refractivity contribution in [1.82, 2.24) is 9.13 Å². The molecule has 4 rings (SSSR count). The molecule has 0 amide bonds. The van der Waals surface area contributed by atoms with E-state index in [-0.39, 0.29) is 17.9 Å². The maximum Gasteiger partial charge on any atom is 0.337 e. The fourth-order valence-electron chi connectivity index (χ4n) is 3.39. The minimum absolute atomic E-state index is 0.163. The number of benzene rings is 2. The lowest BCUT2D eigenvalue weighted by atomic mass is 10.2. The second-order valence-electron chi connectivity index (χ2n) is 6.80. The molecule has 2 heterocycles. The molecule has 0 saturated heterocycles. The first-order chi connectivity index (χ1) is 13.9. The second kappa shape index (κ2) is 7.33. The number of aryl methyl sites for hydroxylation is 2. The number of halogens is 1. The maximum atomic E-state index is 13.7. The minimum Gasteiger partial charge on any atom is -0.497 e. The zero-order valence-corrected chi connectivity index (χ0v) is 17.0. The molecule has 0 atom stereocenters. The van der Waals surface area contributed by atoms with E-state index in [1.807, 2.05) is 13.8 Å². The van der Waals surface area contributed by atoms with Crippen LogP contribution in [-0.2, 0) is 6.54 Å². The van der Waals surface area contributed by atoms with Crippen molar-refractivity contribution in [3.63, 3.8) is 0 Å². The average molecular weight is 410 g/mol. The molecule has 2 aromatic heterocycles. The van der Waals surface area contributed by atoms with Crippen molar-refractivity contribution in [2.24, 2.45) is 0 Å². The summed E-state index contributed by atoms with van der Waals surface area (Å²) in [5.41, 5.74) is 1.09. The van der Waals surface area contributed by atoms with E-state index in [9.17, 15) is 14.0 Å². The van der Waals surface area contributed by atoms with Crippen LogP contribution < -0.4 is 16.0 Å². The Bertz CT molecular complexity index is 1350. The molecule has 0 aliphatic rings. The summed E-state index contributed by atoms with van der Waals surface area (Å²) in [6.45, 7) is 3.96. The summed E-state index contributed by atoms with van der Waals surface area (Å²) in [4.78, 5) is 28.3. The van der Waals surface area contributed by atoms with Crippen molar-refractivity contribution < 1.29 is 9.13 Å². The van der Waals surface area contributed by atoms with E-state index in [0.29, 0.717) is 27.2 Å². The number of methoxy groups -OCH3 is 1. The molecule has 0 aliphatic heterocycles. The number of thiophene rings is 1. The van der Waals surface area contributed by atoms with E-state index in [1.54, 1.807) is 36.4 Å². The molecular formula is C22H19FN2O3S. The Kier molecular flexibility index (Phi) is 4.84. The lowest BCUT2D eigenvalue weighted by Crippen LogP contribution is -2.38. The van der Waals surface area contributed by atoms with Gasteiger partial charge in [-0.3, -0.25) is 9.36 Å². The van der Waals surface area contributed by atoms with Crippen LogP contribution in [0.25, 0.3) is 15.9 Å². The summed E-state index contributed by atoms with van der Waals surface area (Å²) in [5.74, 6) is 0.176. The molecule has 0 aliphatic carbocycles. The summed E-state index contributed by atoms with van der Waals surface area (Å²) in [6, 6.07) is 12.9. The van der Waals surface area contributed by atoms with E-state index >= 15 is 0 Å². The number of ether oxygens (including phenoxy) is 1. The fourth-order valence-corrected chi connectivity index (χ4v) is 4.53. The lowest BCUT2D eigenvalue weighted by Gasteiger charge is -2.13. The quantitative estimate of drug-likeness (QED) is 0.511. The van der Waals surface area contributed by atoms with Gasteiger partial charge >= 0.3 is 5.69 Å². The van der Waals surface area contributed by atoms with Crippen LogP contribution in [0.15, 0.2) is 58.1 Å². The first-order valence-corrected chi connectivity index (χ1v) is 9.86. The Balaban J connectivity index is 2.05. The van der Waals surface area contributed by atoms with E-state index in [2.05, 4.69) is 0 Å². The molecule has 0 radical (unpaired) electrons. The minimum atomic E-state index is -0.471. The normalized spacial score (nSPS) is 11.2. The van der Waals surface area contributed by atoms with Gasteiger partial charge in [-0.25, -0.2) is 13.8 Å². The molecule has 29 heavy (non-hydrogen) atoms. The third-order valence-electron chi connectivity index (χ3n) is 4.99. The molecule has 0 saturated carbocycles. The Labute approximate surface area is 170 Å². The van der Waals surface area contributed by atoms with E-state index in [4.69, 9.17) is 4.74 Å². The van der Waals surface area contributed by atoms with Crippen molar-refractivity contribution in [2.45, 2.75) is 20.4 Å². The van der Waals surface area contributed by atoms with Gasteiger partial charge in [0.25, 0.3) is 5.56 Å². The van der Waals surface area contributed by atoms with Gasteiger partial charge in [-0.15, -0.1) is 11.3 Å². The number of fused-ring (bicyclic) bond motifs is 1. The number of aromatic nitrogens is 2. The fraction of sp³-hybridized carbons (Fsp3) is 0.182. The highest BCUT2D eigenvalue weighted by Gasteiger charge is 2.20. The number of rotatable bonds is 4. The van der Waals surface area contributed by atoms with Gasteiger partial charge < -0.3 is 4.74 Å². The van der Waals surface area contributed by atoms with Gasteiger partial charge in [-0.2, -0.15) is 0 Å². The number of hydrogen-bond acceptors (Lipinski definition) is 4. The van der Waals surface area contributed by atoms with Crippen LogP contribution in [0.3, 0.4) is 0 Å². The van der Waals surface area contributed by atoms with Gasteiger partial charge in [0, 0.05) is 10.9 Å². The zero-order chi connectivity index (χ0) is 20.7. The van der Waals surface area contributed by atoms with Gasteiger partial charge in [0.1, 0.15) is 16.4 Å². The zero-order valence-electron chi connectivity index (χ0n) is 16.2. The molecule has 148 valence electrons. The predicted octanol–water partition coefficient (Wildman–Crippen LogP) is 4.03. The van der Waals surface area contributed by atoms with Crippen LogP contribution in [0.2, 0.25) is 0 Å². The highest BCUT2D eigenvalue weighted by molar-refractivity contribution is 7.18. The summed E-state index contributed by atoms with van der Waals surface area (Å²) < 4.78 is 21.6. The van der Waals surface area contributed by atoms with Crippen LogP contribution in [0.4, 0.5) is 4.39 Å². The largest absolute Gasteiger partial charge is 0.497 e. The van der Waals surface area contributed by atoms with Crippen LogP contribution in [0.5, 0.6) is 5.75 Å². The van der Waals surface area contributed by atoms with Crippen molar-refractivity contribution in [3.05, 3.63) is 91.2 Å². The van der Waals surface area contributed by atoms with Crippen molar-refractivity contribution in [2.75, 3.05) is 7.11 Å².